The molecule has 0 aliphatic carbocycles. The quantitative estimate of drug-likeness (QED) is 0.726. The highest BCUT2D eigenvalue weighted by Crippen LogP contribution is 2.37. The van der Waals surface area contributed by atoms with Gasteiger partial charge in [0.15, 0.2) is 0 Å². The Morgan fingerprint density at radius 3 is 2.15 bits per heavy atom. The monoisotopic (exact) mass is 347 g/mol. The number of amides is 1. The molecule has 0 saturated heterocycles. The van der Waals surface area contributed by atoms with Crippen LogP contribution in [0.5, 0.6) is 0 Å². The van der Waals surface area contributed by atoms with Gasteiger partial charge in [0, 0.05) is 5.56 Å². The summed E-state index contributed by atoms with van der Waals surface area (Å²) < 4.78 is 0. The number of fused-ring (bicyclic) bond motifs is 1. The van der Waals surface area contributed by atoms with Crippen molar-refractivity contribution in [3.8, 4) is 11.1 Å². The highest BCUT2D eigenvalue weighted by molar-refractivity contribution is 6.16. The molecule has 0 aromatic heterocycles. The minimum atomic E-state index is -1.17. The Morgan fingerprint density at radius 2 is 1.62 bits per heavy atom. The minimum Gasteiger partial charge on any atom is -0.478 e. The molecule has 0 aliphatic rings. The van der Waals surface area contributed by atoms with E-state index >= 15 is 0 Å². The molecule has 3 rings (SSSR count). The summed E-state index contributed by atoms with van der Waals surface area (Å²) in [6.07, 6.45) is 0. The summed E-state index contributed by atoms with van der Waals surface area (Å²) >= 11 is 0. The van der Waals surface area contributed by atoms with Crippen molar-refractivity contribution < 1.29 is 14.7 Å². The fraction of sp³-hybridized carbons (Fsp3) is 0.182. The van der Waals surface area contributed by atoms with E-state index in [9.17, 15) is 14.7 Å². The number of rotatable bonds is 3. The highest BCUT2D eigenvalue weighted by atomic mass is 16.4. The maximum atomic E-state index is 12.2. The van der Waals surface area contributed by atoms with Crippen LogP contribution in [0.4, 0.5) is 0 Å². The Morgan fingerprint density at radius 1 is 0.962 bits per heavy atom. The van der Waals surface area contributed by atoms with E-state index in [4.69, 9.17) is 5.73 Å². The zero-order chi connectivity index (χ0) is 19.1. The number of carbonyl (C=O) groups is 2. The minimum absolute atomic E-state index is 0.0438. The molecule has 4 heteroatoms. The van der Waals surface area contributed by atoms with Crippen LogP contribution in [0.25, 0.3) is 21.9 Å². The van der Waals surface area contributed by atoms with E-state index in [1.165, 1.54) is 6.07 Å². The summed E-state index contributed by atoms with van der Waals surface area (Å²) in [5, 5.41) is 11.2. The molecule has 3 aromatic rings. The predicted octanol–water partition coefficient (Wildman–Crippen LogP) is 4.60. The lowest BCUT2D eigenvalue weighted by atomic mass is 9.83. The van der Waals surface area contributed by atoms with Crippen molar-refractivity contribution >= 4 is 22.6 Å². The average molecular weight is 347 g/mol. The number of carboxylic acids is 1. The summed E-state index contributed by atoms with van der Waals surface area (Å²) in [5.41, 5.74) is 7.92. The maximum Gasteiger partial charge on any atom is 0.336 e. The van der Waals surface area contributed by atoms with Crippen LogP contribution in [0.1, 0.15) is 47.1 Å². The van der Waals surface area contributed by atoms with Gasteiger partial charge in [-0.2, -0.15) is 0 Å². The Balaban J connectivity index is 2.52. The molecular weight excluding hydrogens is 326 g/mol. The van der Waals surface area contributed by atoms with E-state index in [0.717, 1.165) is 21.9 Å². The van der Waals surface area contributed by atoms with Crippen LogP contribution in [0.2, 0.25) is 0 Å². The summed E-state index contributed by atoms with van der Waals surface area (Å²) in [6.45, 7) is 6.32. The standard InChI is InChI=1S/C22H21NO3/c1-22(2,3)15-10-9-14-11-17(21(25)26)19(20(23)24)18(16(14)12-15)13-7-5-4-6-8-13/h4-12H,1-3H3,(H2,23,24)(H,25,26). The summed E-state index contributed by atoms with van der Waals surface area (Å²) in [6, 6.07) is 16.7. The zero-order valence-electron chi connectivity index (χ0n) is 15.0. The Hall–Kier alpha value is -3.14. The summed E-state index contributed by atoms with van der Waals surface area (Å²) in [4.78, 5) is 24.0. The smallest absolute Gasteiger partial charge is 0.336 e. The van der Waals surface area contributed by atoms with Crippen LogP contribution in [-0.2, 0) is 5.41 Å². The lowest BCUT2D eigenvalue weighted by Gasteiger charge is -2.21. The molecule has 26 heavy (non-hydrogen) atoms. The third-order valence-electron chi connectivity index (χ3n) is 4.55. The molecule has 132 valence electrons. The lowest BCUT2D eigenvalue weighted by molar-refractivity contribution is 0.0692. The van der Waals surface area contributed by atoms with Gasteiger partial charge in [0.25, 0.3) is 0 Å². The highest BCUT2D eigenvalue weighted by Gasteiger charge is 2.24. The van der Waals surface area contributed by atoms with E-state index in [-0.39, 0.29) is 16.5 Å². The number of carboxylic acid groups (broad SMARTS) is 1. The van der Waals surface area contributed by atoms with Crippen LogP contribution >= 0.6 is 0 Å². The van der Waals surface area contributed by atoms with Gasteiger partial charge in [-0.1, -0.05) is 63.2 Å². The first-order valence-corrected chi connectivity index (χ1v) is 8.40. The number of aromatic carboxylic acids is 1. The molecule has 0 saturated carbocycles. The summed E-state index contributed by atoms with van der Waals surface area (Å²) in [5.74, 6) is -1.91. The van der Waals surface area contributed by atoms with Crippen LogP contribution < -0.4 is 5.73 Å². The van der Waals surface area contributed by atoms with Gasteiger partial charge in [0.1, 0.15) is 0 Å². The SMILES string of the molecule is CC(C)(C)c1ccc2cc(C(=O)O)c(C(N)=O)c(-c3ccccc3)c2c1. The molecule has 0 aliphatic heterocycles. The second-order valence-electron chi connectivity index (χ2n) is 7.40. The van der Waals surface area contributed by atoms with Gasteiger partial charge >= 0.3 is 5.97 Å². The normalized spacial score (nSPS) is 11.5. The number of hydrogen-bond donors (Lipinski definition) is 2. The van der Waals surface area contributed by atoms with Crippen molar-refractivity contribution in [3.05, 3.63) is 71.3 Å². The molecule has 3 N–H and O–H groups in total. The molecule has 0 radical (unpaired) electrons. The van der Waals surface area contributed by atoms with Crippen molar-refractivity contribution in [1.29, 1.82) is 0 Å². The Bertz CT molecular complexity index is 1010. The van der Waals surface area contributed by atoms with Crippen molar-refractivity contribution in [3.63, 3.8) is 0 Å². The lowest BCUT2D eigenvalue weighted by Crippen LogP contribution is -2.18. The molecule has 0 spiro atoms. The zero-order valence-corrected chi connectivity index (χ0v) is 15.0. The van der Waals surface area contributed by atoms with Crippen molar-refractivity contribution in [2.45, 2.75) is 26.2 Å². The molecule has 3 aromatic carbocycles. The first kappa shape index (κ1) is 17.7. The second-order valence-corrected chi connectivity index (χ2v) is 7.40. The predicted molar refractivity (Wildman–Crippen MR) is 104 cm³/mol. The van der Waals surface area contributed by atoms with Crippen molar-refractivity contribution in [2.24, 2.45) is 5.73 Å². The third kappa shape index (κ3) is 3.06. The third-order valence-corrected chi connectivity index (χ3v) is 4.55. The van der Waals surface area contributed by atoms with E-state index in [0.29, 0.717) is 5.56 Å². The maximum absolute atomic E-state index is 12.2. The van der Waals surface area contributed by atoms with E-state index in [1.54, 1.807) is 0 Å². The largest absolute Gasteiger partial charge is 0.478 e. The molecule has 0 heterocycles. The van der Waals surface area contributed by atoms with Gasteiger partial charge in [-0.05, 0) is 39.4 Å². The van der Waals surface area contributed by atoms with Crippen molar-refractivity contribution in [1.82, 2.24) is 0 Å². The first-order chi connectivity index (χ1) is 12.2. The number of carbonyl (C=O) groups excluding carboxylic acids is 1. The number of nitrogens with two attached hydrogens (primary N) is 1. The van der Waals surface area contributed by atoms with Crippen molar-refractivity contribution in [2.75, 3.05) is 0 Å². The van der Waals surface area contributed by atoms with Gasteiger partial charge in [-0.15, -0.1) is 0 Å². The van der Waals surface area contributed by atoms with Crippen LogP contribution in [0.3, 0.4) is 0 Å². The first-order valence-electron chi connectivity index (χ1n) is 8.40. The molecule has 0 fully saturated rings. The average Bonchev–Trinajstić information content (AvgIpc) is 2.59. The van der Waals surface area contributed by atoms with Gasteiger partial charge < -0.3 is 10.8 Å². The molecule has 0 unspecified atom stereocenters. The van der Waals surface area contributed by atoms with E-state index in [1.807, 2.05) is 48.5 Å². The fourth-order valence-corrected chi connectivity index (χ4v) is 3.19. The summed E-state index contributed by atoms with van der Waals surface area (Å²) in [7, 11) is 0. The van der Waals surface area contributed by atoms with Gasteiger partial charge in [-0.25, -0.2) is 4.79 Å². The molecular formula is C22H21NO3. The van der Waals surface area contributed by atoms with E-state index < -0.39 is 11.9 Å². The second kappa shape index (κ2) is 6.30. The fourth-order valence-electron chi connectivity index (χ4n) is 3.19. The Kier molecular flexibility index (Phi) is 4.28. The topological polar surface area (TPSA) is 80.4 Å². The van der Waals surface area contributed by atoms with Gasteiger partial charge in [0.2, 0.25) is 5.91 Å². The molecule has 0 bridgehead atoms. The van der Waals surface area contributed by atoms with Gasteiger partial charge in [0.05, 0.1) is 11.1 Å². The number of benzene rings is 3. The van der Waals surface area contributed by atoms with Gasteiger partial charge in [-0.3, -0.25) is 4.79 Å². The van der Waals surface area contributed by atoms with E-state index in [2.05, 4.69) is 20.8 Å². The van der Waals surface area contributed by atoms with Crippen LogP contribution in [0.15, 0.2) is 54.6 Å². The molecule has 4 nitrogen and oxygen atoms in total. The molecule has 0 atom stereocenters. The molecule has 1 amide bonds. The van der Waals surface area contributed by atoms with Crippen LogP contribution in [-0.4, -0.2) is 17.0 Å². The number of primary amides is 1. The number of hydrogen-bond acceptors (Lipinski definition) is 2. The van der Waals surface area contributed by atoms with Crippen LogP contribution in [0, 0.1) is 0 Å². The Labute approximate surface area is 152 Å².